The number of piperidine rings is 1. The molecule has 1 aliphatic rings. The van der Waals surface area contributed by atoms with Crippen molar-refractivity contribution in [1.29, 1.82) is 0 Å². The Balaban J connectivity index is 0.000000941. The van der Waals surface area contributed by atoms with Crippen molar-refractivity contribution >= 4 is 29.4 Å². The van der Waals surface area contributed by atoms with Gasteiger partial charge in [0.15, 0.2) is 0 Å². The van der Waals surface area contributed by atoms with Crippen LogP contribution in [0.4, 0.5) is 0 Å². The number of aromatic nitrogens is 1. The molecule has 0 saturated carbocycles. The SMILES string of the molecule is CCOc1ccc(Cl)cc1-c1ncc(CN2CCC[C@@H](C(C)(C)C)C2)s1.O=CO. The highest BCUT2D eigenvalue weighted by Crippen LogP contribution is 2.37. The van der Waals surface area contributed by atoms with Crippen LogP contribution < -0.4 is 4.74 Å². The van der Waals surface area contributed by atoms with Gasteiger partial charge in [0.1, 0.15) is 10.8 Å². The Kier molecular flexibility index (Phi) is 8.93. The molecule has 0 aliphatic carbocycles. The summed E-state index contributed by atoms with van der Waals surface area (Å²) < 4.78 is 5.75. The Morgan fingerprint density at radius 2 is 2.14 bits per heavy atom. The second-order valence-electron chi connectivity index (χ2n) is 8.25. The van der Waals surface area contributed by atoms with Crippen molar-refractivity contribution in [2.75, 3.05) is 19.7 Å². The van der Waals surface area contributed by atoms with Crippen molar-refractivity contribution in [2.45, 2.75) is 47.1 Å². The fourth-order valence-electron chi connectivity index (χ4n) is 3.58. The quantitative estimate of drug-likeness (QED) is 0.595. The average molecular weight is 439 g/mol. The van der Waals surface area contributed by atoms with E-state index >= 15 is 0 Å². The van der Waals surface area contributed by atoms with E-state index in [2.05, 4.69) is 30.7 Å². The lowest BCUT2D eigenvalue weighted by molar-refractivity contribution is -0.122. The minimum absolute atomic E-state index is 0.250. The van der Waals surface area contributed by atoms with Crippen LogP contribution in [0.25, 0.3) is 10.6 Å². The number of benzene rings is 1. The molecule has 160 valence electrons. The summed E-state index contributed by atoms with van der Waals surface area (Å²) >= 11 is 7.95. The fraction of sp³-hybridized carbons (Fsp3) is 0.545. The summed E-state index contributed by atoms with van der Waals surface area (Å²) in [4.78, 5) is 16.9. The molecule has 1 aliphatic heterocycles. The molecule has 2 heterocycles. The molecule has 1 saturated heterocycles. The summed E-state index contributed by atoms with van der Waals surface area (Å²) in [5.41, 5.74) is 1.37. The van der Waals surface area contributed by atoms with Crippen molar-refractivity contribution in [3.8, 4) is 16.3 Å². The van der Waals surface area contributed by atoms with Crippen LogP contribution in [-0.4, -0.2) is 41.2 Å². The molecule has 0 unspecified atom stereocenters. The minimum Gasteiger partial charge on any atom is -0.493 e. The molecule has 2 aromatic rings. The van der Waals surface area contributed by atoms with Crippen LogP contribution in [0.5, 0.6) is 5.75 Å². The third-order valence-corrected chi connectivity index (χ3v) is 6.39. The Labute approximate surface area is 182 Å². The number of ether oxygens (including phenoxy) is 1. The molecule has 1 aromatic carbocycles. The van der Waals surface area contributed by atoms with E-state index in [1.165, 1.54) is 30.8 Å². The number of hydrogen-bond acceptors (Lipinski definition) is 5. The lowest BCUT2D eigenvalue weighted by Crippen LogP contribution is -2.39. The zero-order chi connectivity index (χ0) is 21.4. The zero-order valence-electron chi connectivity index (χ0n) is 17.7. The number of carboxylic acid groups (broad SMARTS) is 1. The number of rotatable bonds is 5. The molecule has 0 radical (unpaired) electrons. The maximum absolute atomic E-state index is 8.36. The van der Waals surface area contributed by atoms with E-state index in [9.17, 15) is 0 Å². The zero-order valence-corrected chi connectivity index (χ0v) is 19.2. The van der Waals surface area contributed by atoms with Crippen molar-refractivity contribution in [3.05, 3.63) is 34.3 Å². The van der Waals surface area contributed by atoms with Gasteiger partial charge in [-0.1, -0.05) is 32.4 Å². The van der Waals surface area contributed by atoms with Crippen LogP contribution in [0.3, 0.4) is 0 Å². The van der Waals surface area contributed by atoms with E-state index in [1.54, 1.807) is 11.3 Å². The molecule has 0 bridgehead atoms. The molecular formula is C22H31ClN2O3S. The van der Waals surface area contributed by atoms with Crippen molar-refractivity contribution in [3.63, 3.8) is 0 Å². The van der Waals surface area contributed by atoms with Crippen LogP contribution >= 0.6 is 22.9 Å². The van der Waals surface area contributed by atoms with Gasteiger partial charge in [-0.3, -0.25) is 9.69 Å². The maximum atomic E-state index is 8.36. The highest BCUT2D eigenvalue weighted by molar-refractivity contribution is 7.15. The minimum atomic E-state index is -0.250. The van der Waals surface area contributed by atoms with Crippen LogP contribution in [0.1, 0.15) is 45.4 Å². The maximum Gasteiger partial charge on any atom is 0.290 e. The molecular weight excluding hydrogens is 408 g/mol. The van der Waals surface area contributed by atoms with Crippen LogP contribution in [0.2, 0.25) is 5.02 Å². The van der Waals surface area contributed by atoms with Gasteiger partial charge >= 0.3 is 0 Å². The number of carbonyl (C=O) groups is 1. The Morgan fingerprint density at radius 1 is 1.41 bits per heavy atom. The molecule has 5 nitrogen and oxygen atoms in total. The fourth-order valence-corrected chi connectivity index (χ4v) is 4.73. The highest BCUT2D eigenvalue weighted by atomic mass is 35.5. The first-order valence-electron chi connectivity index (χ1n) is 9.96. The van der Waals surface area contributed by atoms with Crippen LogP contribution in [0, 0.1) is 11.3 Å². The predicted molar refractivity (Wildman–Crippen MR) is 120 cm³/mol. The summed E-state index contributed by atoms with van der Waals surface area (Å²) in [5.74, 6) is 1.62. The van der Waals surface area contributed by atoms with Gasteiger partial charge in [0, 0.05) is 29.2 Å². The third kappa shape index (κ3) is 6.98. The summed E-state index contributed by atoms with van der Waals surface area (Å²) in [6.07, 6.45) is 4.64. The molecule has 1 fully saturated rings. The first kappa shape index (κ1) is 23.6. The van der Waals surface area contributed by atoms with E-state index < -0.39 is 0 Å². The van der Waals surface area contributed by atoms with Gasteiger partial charge in [0.2, 0.25) is 0 Å². The molecule has 0 spiro atoms. The van der Waals surface area contributed by atoms with E-state index in [4.69, 9.17) is 26.2 Å². The first-order chi connectivity index (χ1) is 13.8. The molecule has 0 amide bonds. The number of nitrogens with zero attached hydrogens (tertiary/aromatic N) is 2. The second-order valence-corrected chi connectivity index (χ2v) is 9.80. The Hall–Kier alpha value is -1.63. The Bertz CT molecular complexity index is 789. The topological polar surface area (TPSA) is 62.7 Å². The van der Waals surface area contributed by atoms with Crippen LogP contribution in [-0.2, 0) is 11.3 Å². The number of hydrogen-bond donors (Lipinski definition) is 1. The smallest absolute Gasteiger partial charge is 0.290 e. The van der Waals surface area contributed by atoms with E-state index in [-0.39, 0.29) is 6.47 Å². The summed E-state index contributed by atoms with van der Waals surface area (Å²) in [6.45, 7) is 12.8. The lowest BCUT2D eigenvalue weighted by atomic mass is 9.76. The lowest BCUT2D eigenvalue weighted by Gasteiger charge is -2.39. The number of likely N-dealkylation sites (tertiary alicyclic amines) is 1. The van der Waals surface area contributed by atoms with Crippen molar-refractivity contribution in [2.24, 2.45) is 11.3 Å². The summed E-state index contributed by atoms with van der Waals surface area (Å²) in [6, 6.07) is 5.75. The normalized spacial score (nSPS) is 17.3. The number of halogens is 1. The van der Waals surface area contributed by atoms with Gasteiger partial charge in [-0.25, -0.2) is 4.98 Å². The highest BCUT2D eigenvalue weighted by Gasteiger charge is 2.29. The van der Waals surface area contributed by atoms with E-state index in [0.29, 0.717) is 17.0 Å². The van der Waals surface area contributed by atoms with E-state index in [1.807, 2.05) is 31.3 Å². The molecule has 1 N–H and O–H groups in total. The molecule has 1 aromatic heterocycles. The summed E-state index contributed by atoms with van der Waals surface area (Å²) in [7, 11) is 0. The second kappa shape index (κ2) is 11.0. The van der Waals surface area contributed by atoms with Gasteiger partial charge in [0.25, 0.3) is 6.47 Å². The Morgan fingerprint density at radius 3 is 2.79 bits per heavy atom. The molecule has 1 atom stereocenters. The van der Waals surface area contributed by atoms with Gasteiger partial charge in [-0.2, -0.15) is 0 Å². The summed E-state index contributed by atoms with van der Waals surface area (Å²) in [5, 5.41) is 8.58. The molecule has 7 heteroatoms. The third-order valence-electron chi connectivity index (χ3n) is 5.14. The van der Waals surface area contributed by atoms with Gasteiger partial charge in [-0.15, -0.1) is 11.3 Å². The van der Waals surface area contributed by atoms with Crippen molar-refractivity contribution < 1.29 is 14.6 Å². The van der Waals surface area contributed by atoms with Gasteiger partial charge in [-0.05, 0) is 55.8 Å². The van der Waals surface area contributed by atoms with E-state index in [0.717, 1.165) is 28.8 Å². The first-order valence-corrected chi connectivity index (χ1v) is 11.2. The standard InChI is InChI=1S/C21H29ClN2OS.CH2O2/c1-5-25-19-9-8-16(22)11-18(19)20-23-12-17(26-20)14-24-10-6-7-15(13-24)21(2,3)4;2-1-3/h8-9,11-12,15H,5-7,10,13-14H2,1-4H3;1H,(H,2,3)/t15-;/m1./s1. The molecule has 3 rings (SSSR count). The predicted octanol–water partition coefficient (Wildman–Crippen LogP) is 5.82. The molecule has 29 heavy (non-hydrogen) atoms. The van der Waals surface area contributed by atoms with Gasteiger partial charge < -0.3 is 9.84 Å². The average Bonchev–Trinajstić information content (AvgIpc) is 3.12. The monoisotopic (exact) mass is 438 g/mol. The van der Waals surface area contributed by atoms with Crippen molar-refractivity contribution in [1.82, 2.24) is 9.88 Å². The van der Waals surface area contributed by atoms with Crippen LogP contribution in [0.15, 0.2) is 24.4 Å². The van der Waals surface area contributed by atoms with Gasteiger partial charge in [0.05, 0.1) is 12.2 Å². The largest absolute Gasteiger partial charge is 0.493 e. The number of thiazole rings is 1.